The second kappa shape index (κ2) is 6.45. The molecule has 4 aromatic rings. The van der Waals surface area contributed by atoms with Crippen LogP contribution in [0.1, 0.15) is 15.9 Å². The molecule has 0 aliphatic heterocycles. The third-order valence-electron chi connectivity index (χ3n) is 3.98. The average Bonchev–Trinajstić information content (AvgIpc) is 3.17. The van der Waals surface area contributed by atoms with Crippen LogP contribution in [0.15, 0.2) is 66.2 Å². The monoisotopic (exact) mass is 345 g/mol. The minimum Gasteiger partial charge on any atom is -0.306 e. The summed E-state index contributed by atoms with van der Waals surface area (Å²) in [5.41, 5.74) is 3.12. The van der Waals surface area contributed by atoms with Gasteiger partial charge in [0, 0.05) is 11.6 Å². The number of carbonyl (C=O) groups excluding carboxylic acids is 1. The van der Waals surface area contributed by atoms with Crippen LogP contribution in [0.2, 0.25) is 0 Å². The third kappa shape index (κ3) is 3.02. The van der Waals surface area contributed by atoms with Crippen LogP contribution in [0.5, 0.6) is 0 Å². The Bertz CT molecular complexity index is 1060. The van der Waals surface area contributed by atoms with E-state index in [1.165, 1.54) is 0 Å². The fourth-order valence-electron chi connectivity index (χ4n) is 2.71. The Kier molecular flexibility index (Phi) is 3.99. The van der Waals surface area contributed by atoms with E-state index in [1.807, 2.05) is 66.9 Å². The molecule has 0 radical (unpaired) electrons. The standard InChI is InChI=1S/C20H15N3OS/c1-13-6-4-10-21-19(13)23-20(24)15-12-17(18-9-5-11-25-18)22-16-8-3-2-7-14(15)16/h2-12H,1H3,(H,21,23,24). The van der Waals surface area contributed by atoms with Gasteiger partial charge in [0.05, 0.1) is 21.7 Å². The Hall–Kier alpha value is -3.05. The molecule has 5 heteroatoms. The van der Waals surface area contributed by atoms with Gasteiger partial charge in [-0.1, -0.05) is 30.3 Å². The molecule has 0 fully saturated rings. The molecule has 0 saturated heterocycles. The van der Waals surface area contributed by atoms with E-state index in [4.69, 9.17) is 4.98 Å². The van der Waals surface area contributed by atoms with Crippen molar-refractivity contribution in [1.82, 2.24) is 9.97 Å². The molecule has 0 atom stereocenters. The zero-order valence-electron chi connectivity index (χ0n) is 13.6. The van der Waals surface area contributed by atoms with Gasteiger partial charge in [0.25, 0.3) is 5.91 Å². The molecule has 0 aliphatic rings. The molecule has 4 rings (SSSR count). The van der Waals surface area contributed by atoms with Crippen molar-refractivity contribution in [3.05, 3.63) is 77.3 Å². The highest BCUT2D eigenvalue weighted by Gasteiger charge is 2.15. The van der Waals surface area contributed by atoms with Crippen LogP contribution in [0, 0.1) is 6.92 Å². The van der Waals surface area contributed by atoms with Crippen molar-refractivity contribution in [2.45, 2.75) is 6.92 Å². The summed E-state index contributed by atoms with van der Waals surface area (Å²) in [6.07, 6.45) is 1.67. The van der Waals surface area contributed by atoms with Crippen LogP contribution < -0.4 is 5.32 Å². The van der Waals surface area contributed by atoms with Crippen molar-refractivity contribution < 1.29 is 4.79 Å². The van der Waals surface area contributed by atoms with Crippen molar-refractivity contribution in [3.63, 3.8) is 0 Å². The van der Waals surface area contributed by atoms with Gasteiger partial charge in [-0.2, -0.15) is 0 Å². The van der Waals surface area contributed by atoms with E-state index in [2.05, 4.69) is 10.3 Å². The zero-order chi connectivity index (χ0) is 17.2. The van der Waals surface area contributed by atoms with Gasteiger partial charge in [-0.15, -0.1) is 11.3 Å². The lowest BCUT2D eigenvalue weighted by atomic mass is 10.1. The number of para-hydroxylation sites is 1. The van der Waals surface area contributed by atoms with E-state index < -0.39 is 0 Å². The molecule has 0 bridgehead atoms. The van der Waals surface area contributed by atoms with Gasteiger partial charge in [-0.25, -0.2) is 9.97 Å². The summed E-state index contributed by atoms with van der Waals surface area (Å²) in [6.45, 7) is 1.92. The Morgan fingerprint density at radius 1 is 1.08 bits per heavy atom. The Morgan fingerprint density at radius 2 is 1.96 bits per heavy atom. The van der Waals surface area contributed by atoms with E-state index in [1.54, 1.807) is 17.5 Å². The summed E-state index contributed by atoms with van der Waals surface area (Å²) in [6, 6.07) is 17.3. The van der Waals surface area contributed by atoms with Gasteiger partial charge in [-0.3, -0.25) is 4.79 Å². The Morgan fingerprint density at radius 3 is 2.76 bits per heavy atom. The number of nitrogens with zero attached hydrogens (tertiary/aromatic N) is 2. The number of thiophene rings is 1. The number of aryl methyl sites for hydroxylation is 1. The first-order valence-electron chi connectivity index (χ1n) is 7.89. The molecular weight excluding hydrogens is 330 g/mol. The van der Waals surface area contributed by atoms with E-state index in [9.17, 15) is 4.79 Å². The van der Waals surface area contributed by atoms with Gasteiger partial charge >= 0.3 is 0 Å². The largest absolute Gasteiger partial charge is 0.306 e. The van der Waals surface area contributed by atoms with E-state index in [0.29, 0.717) is 11.4 Å². The van der Waals surface area contributed by atoms with Crippen LogP contribution in [0.4, 0.5) is 5.82 Å². The summed E-state index contributed by atoms with van der Waals surface area (Å²) in [5.74, 6) is 0.393. The number of amides is 1. The third-order valence-corrected chi connectivity index (χ3v) is 4.87. The SMILES string of the molecule is Cc1cccnc1NC(=O)c1cc(-c2cccs2)nc2ccccc12. The van der Waals surface area contributed by atoms with Crippen LogP contribution in [-0.4, -0.2) is 15.9 Å². The van der Waals surface area contributed by atoms with Crippen LogP contribution in [-0.2, 0) is 0 Å². The summed E-state index contributed by atoms with van der Waals surface area (Å²) in [7, 11) is 0. The number of pyridine rings is 2. The molecule has 0 unspecified atom stereocenters. The molecule has 1 amide bonds. The molecule has 4 nitrogen and oxygen atoms in total. The van der Waals surface area contributed by atoms with Crippen molar-refractivity contribution in [1.29, 1.82) is 0 Å². The number of rotatable bonds is 3. The quantitative estimate of drug-likeness (QED) is 0.573. The summed E-state index contributed by atoms with van der Waals surface area (Å²) < 4.78 is 0. The lowest BCUT2D eigenvalue weighted by Crippen LogP contribution is -2.14. The van der Waals surface area contributed by atoms with E-state index in [0.717, 1.165) is 27.0 Å². The number of fused-ring (bicyclic) bond motifs is 1. The van der Waals surface area contributed by atoms with Crippen molar-refractivity contribution in [2.75, 3.05) is 5.32 Å². The van der Waals surface area contributed by atoms with Gasteiger partial charge < -0.3 is 5.32 Å². The first kappa shape index (κ1) is 15.5. The van der Waals surface area contributed by atoms with Crippen LogP contribution in [0.25, 0.3) is 21.5 Å². The number of benzene rings is 1. The maximum atomic E-state index is 12.9. The molecule has 122 valence electrons. The highest BCUT2D eigenvalue weighted by atomic mass is 32.1. The average molecular weight is 345 g/mol. The summed E-state index contributed by atoms with van der Waals surface area (Å²) >= 11 is 1.60. The highest BCUT2D eigenvalue weighted by Crippen LogP contribution is 2.28. The maximum absolute atomic E-state index is 12.9. The molecule has 25 heavy (non-hydrogen) atoms. The summed E-state index contributed by atoms with van der Waals surface area (Å²) in [4.78, 5) is 22.9. The number of hydrogen-bond donors (Lipinski definition) is 1. The number of carbonyl (C=O) groups is 1. The van der Waals surface area contributed by atoms with Crippen molar-refractivity contribution >= 4 is 34.0 Å². The predicted octanol–water partition coefficient (Wildman–Crippen LogP) is 4.92. The van der Waals surface area contributed by atoms with Gasteiger partial charge in [0.2, 0.25) is 0 Å². The lowest BCUT2D eigenvalue weighted by molar-refractivity contribution is 0.102. The van der Waals surface area contributed by atoms with Crippen LogP contribution >= 0.6 is 11.3 Å². The van der Waals surface area contributed by atoms with E-state index in [-0.39, 0.29) is 5.91 Å². The molecule has 1 N–H and O–H groups in total. The fourth-order valence-corrected chi connectivity index (χ4v) is 3.39. The number of anilines is 1. The molecule has 0 aliphatic carbocycles. The minimum absolute atomic E-state index is 0.182. The molecule has 3 aromatic heterocycles. The second-order valence-corrected chi connectivity index (χ2v) is 6.62. The van der Waals surface area contributed by atoms with Crippen molar-refractivity contribution in [2.24, 2.45) is 0 Å². The minimum atomic E-state index is -0.182. The maximum Gasteiger partial charge on any atom is 0.257 e. The lowest BCUT2D eigenvalue weighted by Gasteiger charge is -2.10. The fraction of sp³-hybridized carbons (Fsp3) is 0.0500. The predicted molar refractivity (Wildman–Crippen MR) is 102 cm³/mol. The van der Waals surface area contributed by atoms with Gasteiger partial charge in [0.15, 0.2) is 0 Å². The number of nitrogens with one attached hydrogen (secondary N) is 1. The Labute approximate surface area is 149 Å². The molecule has 0 saturated carbocycles. The van der Waals surface area contributed by atoms with Gasteiger partial charge in [-0.05, 0) is 42.1 Å². The molecule has 0 spiro atoms. The van der Waals surface area contributed by atoms with E-state index >= 15 is 0 Å². The second-order valence-electron chi connectivity index (χ2n) is 5.67. The first-order valence-corrected chi connectivity index (χ1v) is 8.77. The summed E-state index contributed by atoms with van der Waals surface area (Å²) in [5, 5.41) is 5.75. The number of aromatic nitrogens is 2. The van der Waals surface area contributed by atoms with Crippen LogP contribution in [0.3, 0.4) is 0 Å². The van der Waals surface area contributed by atoms with Gasteiger partial charge in [0.1, 0.15) is 5.82 Å². The molecule has 3 heterocycles. The topological polar surface area (TPSA) is 54.9 Å². The zero-order valence-corrected chi connectivity index (χ0v) is 14.4. The Balaban J connectivity index is 1.82. The number of hydrogen-bond acceptors (Lipinski definition) is 4. The smallest absolute Gasteiger partial charge is 0.257 e. The first-order chi connectivity index (χ1) is 12.2. The van der Waals surface area contributed by atoms with Crippen molar-refractivity contribution in [3.8, 4) is 10.6 Å². The highest BCUT2D eigenvalue weighted by molar-refractivity contribution is 7.13. The molecule has 1 aromatic carbocycles. The molecular formula is C20H15N3OS. The normalized spacial score (nSPS) is 10.8.